The van der Waals surface area contributed by atoms with Crippen LogP contribution in [0, 0.1) is 0 Å². The predicted molar refractivity (Wildman–Crippen MR) is 72.5 cm³/mol. The van der Waals surface area contributed by atoms with Gasteiger partial charge < -0.3 is 19.1 Å². The summed E-state index contributed by atoms with van der Waals surface area (Å²) in [6.45, 7) is 4.52. The van der Waals surface area contributed by atoms with E-state index in [0.29, 0.717) is 11.7 Å². The Morgan fingerprint density at radius 1 is 1.25 bits per heavy atom. The number of furan rings is 1. The standard InChI is InChI=1S/C16H18O4/c1-3-11(2)12-4-6-13(7-5-12)19-10-14-8-9-15(20-14)16(17)18/h4-9,11H,3,10H2,1-2H3,(H,17,18)/p-1/t11-/m0/s1. The maximum atomic E-state index is 10.6. The molecule has 2 aromatic rings. The quantitative estimate of drug-likeness (QED) is 0.811. The van der Waals surface area contributed by atoms with E-state index in [1.807, 2.05) is 24.3 Å². The second-order valence-electron chi connectivity index (χ2n) is 4.72. The van der Waals surface area contributed by atoms with Gasteiger partial charge in [0.2, 0.25) is 0 Å². The van der Waals surface area contributed by atoms with Gasteiger partial charge in [0.15, 0.2) is 0 Å². The molecule has 0 spiro atoms. The minimum absolute atomic E-state index is 0.185. The van der Waals surface area contributed by atoms with Crippen LogP contribution in [0.4, 0.5) is 0 Å². The maximum Gasteiger partial charge on any atom is 0.149 e. The van der Waals surface area contributed by atoms with Crippen LogP contribution >= 0.6 is 0 Å². The van der Waals surface area contributed by atoms with E-state index in [1.165, 1.54) is 11.6 Å². The zero-order valence-electron chi connectivity index (χ0n) is 11.6. The van der Waals surface area contributed by atoms with E-state index >= 15 is 0 Å². The molecule has 1 aromatic carbocycles. The first kappa shape index (κ1) is 14.2. The minimum atomic E-state index is -1.32. The van der Waals surface area contributed by atoms with Crippen molar-refractivity contribution in [3.8, 4) is 5.75 Å². The maximum absolute atomic E-state index is 10.6. The summed E-state index contributed by atoms with van der Waals surface area (Å²) in [4.78, 5) is 10.6. The summed E-state index contributed by atoms with van der Waals surface area (Å²) in [6.07, 6.45) is 1.10. The summed E-state index contributed by atoms with van der Waals surface area (Å²) >= 11 is 0. The molecular formula is C16H17O4-. The second-order valence-corrected chi connectivity index (χ2v) is 4.72. The van der Waals surface area contributed by atoms with Gasteiger partial charge in [-0.25, -0.2) is 0 Å². The molecule has 0 amide bonds. The number of carboxylic acid groups (broad SMARTS) is 1. The molecule has 0 aliphatic carbocycles. The fourth-order valence-electron chi connectivity index (χ4n) is 1.85. The largest absolute Gasteiger partial charge is 0.542 e. The van der Waals surface area contributed by atoms with Gasteiger partial charge in [-0.2, -0.15) is 0 Å². The molecule has 0 aliphatic heterocycles. The van der Waals surface area contributed by atoms with E-state index in [0.717, 1.165) is 12.2 Å². The van der Waals surface area contributed by atoms with E-state index in [1.54, 1.807) is 6.07 Å². The van der Waals surface area contributed by atoms with Crippen molar-refractivity contribution in [3.63, 3.8) is 0 Å². The zero-order chi connectivity index (χ0) is 14.5. The SMILES string of the molecule is CC[C@H](C)c1ccc(OCc2ccc(C(=O)[O-])o2)cc1. The van der Waals surface area contributed by atoms with Crippen molar-refractivity contribution < 1.29 is 19.1 Å². The molecule has 0 aliphatic rings. The third kappa shape index (κ3) is 3.41. The molecule has 2 rings (SSSR count). The normalized spacial score (nSPS) is 12.1. The first-order chi connectivity index (χ1) is 9.60. The van der Waals surface area contributed by atoms with Crippen LogP contribution in [0.3, 0.4) is 0 Å². The van der Waals surface area contributed by atoms with Gasteiger partial charge in [0.05, 0.1) is 0 Å². The number of carbonyl (C=O) groups excluding carboxylic acids is 1. The molecular weight excluding hydrogens is 256 g/mol. The summed E-state index contributed by atoms with van der Waals surface area (Å²) in [5.41, 5.74) is 1.28. The fourth-order valence-corrected chi connectivity index (χ4v) is 1.85. The van der Waals surface area contributed by atoms with Gasteiger partial charge in [-0.15, -0.1) is 0 Å². The third-order valence-corrected chi connectivity index (χ3v) is 3.31. The van der Waals surface area contributed by atoms with Crippen molar-refractivity contribution in [2.45, 2.75) is 32.8 Å². The Labute approximate surface area is 118 Å². The second kappa shape index (κ2) is 6.28. The van der Waals surface area contributed by atoms with E-state index < -0.39 is 5.97 Å². The lowest BCUT2D eigenvalue weighted by molar-refractivity contribution is -0.257. The van der Waals surface area contributed by atoms with Crippen LogP contribution in [0.5, 0.6) is 5.75 Å². The Balaban J connectivity index is 1.94. The number of rotatable bonds is 6. The molecule has 0 radical (unpaired) electrons. The molecule has 0 fully saturated rings. The summed E-state index contributed by atoms with van der Waals surface area (Å²) in [5, 5.41) is 10.6. The highest BCUT2D eigenvalue weighted by Crippen LogP contribution is 2.22. The average molecular weight is 273 g/mol. The van der Waals surface area contributed by atoms with E-state index in [4.69, 9.17) is 9.15 Å². The van der Waals surface area contributed by atoms with Crippen LogP contribution in [-0.4, -0.2) is 5.97 Å². The van der Waals surface area contributed by atoms with E-state index in [-0.39, 0.29) is 12.4 Å². The number of ether oxygens (including phenoxy) is 1. The smallest absolute Gasteiger partial charge is 0.149 e. The van der Waals surface area contributed by atoms with Crippen LogP contribution in [0.2, 0.25) is 0 Å². The molecule has 0 unspecified atom stereocenters. The third-order valence-electron chi connectivity index (χ3n) is 3.31. The summed E-state index contributed by atoms with van der Waals surface area (Å²) in [6, 6.07) is 10.8. The Kier molecular flexibility index (Phi) is 4.45. The number of carbonyl (C=O) groups is 1. The monoisotopic (exact) mass is 273 g/mol. The van der Waals surface area contributed by atoms with Gasteiger partial charge in [0.25, 0.3) is 0 Å². The minimum Gasteiger partial charge on any atom is -0.542 e. The average Bonchev–Trinajstić information content (AvgIpc) is 2.94. The Morgan fingerprint density at radius 2 is 1.95 bits per heavy atom. The van der Waals surface area contributed by atoms with Crippen LogP contribution in [-0.2, 0) is 6.61 Å². The van der Waals surface area contributed by atoms with E-state index in [9.17, 15) is 9.90 Å². The molecule has 1 heterocycles. The van der Waals surface area contributed by atoms with E-state index in [2.05, 4.69) is 13.8 Å². The van der Waals surface area contributed by atoms with Crippen molar-refractivity contribution >= 4 is 5.97 Å². The van der Waals surface area contributed by atoms with Gasteiger partial charge in [-0.3, -0.25) is 0 Å². The van der Waals surface area contributed by atoms with Crippen LogP contribution < -0.4 is 9.84 Å². The number of aromatic carboxylic acids is 1. The fraction of sp³-hybridized carbons (Fsp3) is 0.312. The molecule has 1 aromatic heterocycles. The highest BCUT2D eigenvalue weighted by atomic mass is 16.5. The topological polar surface area (TPSA) is 62.5 Å². The first-order valence-electron chi connectivity index (χ1n) is 6.63. The molecule has 0 saturated carbocycles. The summed E-state index contributed by atoms with van der Waals surface area (Å²) < 4.78 is 10.6. The van der Waals surface area contributed by atoms with Crippen molar-refractivity contribution in [3.05, 3.63) is 53.5 Å². The summed E-state index contributed by atoms with van der Waals surface area (Å²) in [7, 11) is 0. The van der Waals surface area contributed by atoms with Crippen molar-refractivity contribution in [2.75, 3.05) is 0 Å². The number of carboxylic acids is 1. The molecule has 4 nitrogen and oxygen atoms in total. The Bertz CT molecular complexity index is 568. The molecule has 0 bridgehead atoms. The van der Waals surface area contributed by atoms with Crippen LogP contribution in [0.25, 0.3) is 0 Å². The van der Waals surface area contributed by atoms with Gasteiger partial charge in [-0.1, -0.05) is 26.0 Å². The zero-order valence-corrected chi connectivity index (χ0v) is 11.6. The number of benzene rings is 1. The van der Waals surface area contributed by atoms with Crippen LogP contribution in [0.1, 0.15) is 48.1 Å². The summed E-state index contributed by atoms with van der Waals surface area (Å²) in [5.74, 6) is 0.197. The molecule has 1 atom stereocenters. The number of hydrogen-bond acceptors (Lipinski definition) is 4. The van der Waals surface area contributed by atoms with Gasteiger partial charge in [-0.05, 0) is 42.2 Å². The Hall–Kier alpha value is -2.23. The van der Waals surface area contributed by atoms with Crippen molar-refractivity contribution in [2.24, 2.45) is 0 Å². The molecule has 20 heavy (non-hydrogen) atoms. The first-order valence-corrected chi connectivity index (χ1v) is 6.63. The lowest BCUT2D eigenvalue weighted by Gasteiger charge is -2.10. The van der Waals surface area contributed by atoms with Gasteiger partial charge in [0.1, 0.15) is 29.8 Å². The lowest BCUT2D eigenvalue weighted by atomic mass is 9.99. The molecule has 0 N–H and O–H groups in total. The lowest BCUT2D eigenvalue weighted by Crippen LogP contribution is -2.21. The molecule has 0 saturated heterocycles. The van der Waals surface area contributed by atoms with Gasteiger partial charge >= 0.3 is 0 Å². The highest BCUT2D eigenvalue weighted by Gasteiger charge is 2.05. The Morgan fingerprint density at radius 3 is 2.50 bits per heavy atom. The number of hydrogen-bond donors (Lipinski definition) is 0. The van der Waals surface area contributed by atoms with Crippen molar-refractivity contribution in [1.82, 2.24) is 0 Å². The molecule has 4 heteroatoms. The van der Waals surface area contributed by atoms with Gasteiger partial charge in [0, 0.05) is 0 Å². The molecule has 106 valence electrons. The predicted octanol–water partition coefficient (Wildman–Crippen LogP) is 2.74. The van der Waals surface area contributed by atoms with Crippen molar-refractivity contribution in [1.29, 1.82) is 0 Å². The highest BCUT2D eigenvalue weighted by molar-refractivity contribution is 5.82. The van der Waals surface area contributed by atoms with Crippen LogP contribution in [0.15, 0.2) is 40.8 Å².